The highest BCUT2D eigenvalue weighted by Gasteiger charge is 2.38. The maximum atomic E-state index is 11.9. The first-order valence-electron chi connectivity index (χ1n) is 9.79. The minimum Gasteiger partial charge on any atom is -0.480 e. The van der Waals surface area contributed by atoms with Crippen molar-refractivity contribution in [3.63, 3.8) is 0 Å². The van der Waals surface area contributed by atoms with Crippen LogP contribution in [0.3, 0.4) is 0 Å². The lowest BCUT2D eigenvalue weighted by Gasteiger charge is -2.33. The Hall–Kier alpha value is -2.94. The van der Waals surface area contributed by atoms with Gasteiger partial charge in [-0.25, -0.2) is 9.59 Å². The number of hydrogen-bond donors (Lipinski definition) is 5. The molecule has 1 fully saturated rings. The number of carbonyl (C=O) groups excluding carboxylic acids is 1. The molecule has 1 amide bonds. The molecule has 33 heavy (non-hydrogen) atoms. The summed E-state index contributed by atoms with van der Waals surface area (Å²) < 4.78 is 37.0. The Balaban J connectivity index is 0.000000605. The van der Waals surface area contributed by atoms with Gasteiger partial charge >= 0.3 is 24.2 Å². The quantitative estimate of drug-likeness (QED) is 0.367. The highest BCUT2D eigenvalue weighted by atomic mass is 19.4. The second-order valence-electron chi connectivity index (χ2n) is 6.64. The molecule has 0 aromatic heterocycles. The molecule has 14 heteroatoms. The monoisotopic (exact) mass is 481 g/mol. The summed E-state index contributed by atoms with van der Waals surface area (Å²) >= 11 is 0. The van der Waals surface area contributed by atoms with Gasteiger partial charge in [0.1, 0.15) is 12.6 Å². The van der Waals surface area contributed by atoms with Crippen LogP contribution in [0.2, 0.25) is 0 Å². The van der Waals surface area contributed by atoms with Gasteiger partial charge in [0.2, 0.25) is 0 Å². The van der Waals surface area contributed by atoms with Gasteiger partial charge in [0, 0.05) is 45.8 Å². The fourth-order valence-corrected chi connectivity index (χ4v) is 2.25. The molecule has 0 aliphatic carbocycles. The van der Waals surface area contributed by atoms with E-state index in [0.29, 0.717) is 26.2 Å². The summed E-state index contributed by atoms with van der Waals surface area (Å²) in [6.07, 6.45) is -5.31. The van der Waals surface area contributed by atoms with Gasteiger partial charge in [0.25, 0.3) is 0 Å². The van der Waals surface area contributed by atoms with Crippen molar-refractivity contribution in [1.82, 2.24) is 9.80 Å². The van der Waals surface area contributed by atoms with Crippen molar-refractivity contribution in [2.75, 3.05) is 45.8 Å². The topological polar surface area (TPSA) is 185 Å². The van der Waals surface area contributed by atoms with Crippen LogP contribution in [-0.4, -0.2) is 96.1 Å². The van der Waals surface area contributed by atoms with E-state index in [1.54, 1.807) is 4.90 Å². The lowest BCUT2D eigenvalue weighted by atomic mass is 10.2. The summed E-state index contributed by atoms with van der Waals surface area (Å²) in [7, 11) is 0. The van der Waals surface area contributed by atoms with Crippen molar-refractivity contribution < 1.29 is 42.5 Å². The van der Waals surface area contributed by atoms with Crippen LogP contribution >= 0.6 is 0 Å². The number of hydrogen-bond acceptors (Lipinski definition) is 8. The highest BCUT2D eigenvalue weighted by Crippen LogP contribution is 2.13. The molecule has 0 radical (unpaired) electrons. The molecular formula is C19H30F3N5O6. The van der Waals surface area contributed by atoms with E-state index in [1.165, 1.54) is 0 Å². The maximum absolute atomic E-state index is 11.9. The van der Waals surface area contributed by atoms with E-state index in [-0.39, 0.29) is 12.6 Å². The summed E-state index contributed by atoms with van der Waals surface area (Å²) in [6.45, 7) is 5.07. The molecule has 188 valence electrons. The van der Waals surface area contributed by atoms with Gasteiger partial charge in [0.15, 0.2) is 0 Å². The Morgan fingerprint density at radius 1 is 1.03 bits per heavy atom. The number of carbonyl (C=O) groups is 3. The minimum absolute atomic E-state index is 0.00463. The lowest BCUT2D eigenvalue weighted by Crippen LogP contribution is -2.49. The molecule has 1 atom stereocenters. The van der Waals surface area contributed by atoms with Crippen molar-refractivity contribution in [3.05, 3.63) is 35.9 Å². The second kappa shape index (κ2) is 15.8. The third-order valence-corrected chi connectivity index (χ3v) is 4.09. The van der Waals surface area contributed by atoms with Crippen LogP contribution in [0.4, 0.5) is 18.0 Å². The number of carboxylic acid groups (broad SMARTS) is 2. The van der Waals surface area contributed by atoms with Crippen LogP contribution in [0.5, 0.6) is 0 Å². The standard InChI is InChI=1S/C14H21N3O2.C3H8N2O2.C2HF3O2/c15-6-7-16-8-10-17(11-9-16)14(18)19-12-13-4-2-1-3-5-13;4-1-2(5)3(6)7;3-2(4,5)1(6)7/h1-5H,6-12,15H2;2H,1,4-5H2,(H,6,7);(H,6,7)/t;2-;/m.0./s1. The zero-order valence-corrected chi connectivity index (χ0v) is 17.9. The fraction of sp³-hybridized carbons (Fsp3) is 0.526. The van der Waals surface area contributed by atoms with Crippen LogP contribution in [0.25, 0.3) is 0 Å². The first-order chi connectivity index (χ1) is 15.4. The fourth-order valence-electron chi connectivity index (χ4n) is 2.25. The summed E-state index contributed by atoms with van der Waals surface area (Å²) in [5.74, 6) is -3.81. The zero-order valence-electron chi connectivity index (χ0n) is 17.9. The van der Waals surface area contributed by atoms with Gasteiger partial charge in [-0.15, -0.1) is 0 Å². The number of piperazine rings is 1. The molecule has 0 unspecified atom stereocenters. The van der Waals surface area contributed by atoms with E-state index in [4.69, 9.17) is 36.9 Å². The molecule has 1 aromatic rings. The molecule has 0 bridgehead atoms. The molecule has 8 N–H and O–H groups in total. The Bertz CT molecular complexity index is 716. The summed E-state index contributed by atoms with van der Waals surface area (Å²) in [5, 5.41) is 15.1. The van der Waals surface area contributed by atoms with Gasteiger partial charge in [-0.05, 0) is 5.56 Å². The zero-order chi connectivity index (χ0) is 25.4. The summed E-state index contributed by atoms with van der Waals surface area (Å²) in [6, 6.07) is 8.82. The normalized spacial score (nSPS) is 14.7. The molecular weight excluding hydrogens is 451 g/mol. The number of nitrogens with zero attached hydrogens (tertiary/aromatic N) is 2. The van der Waals surface area contributed by atoms with Crippen LogP contribution in [0, 0.1) is 0 Å². The molecule has 0 spiro atoms. The molecule has 11 nitrogen and oxygen atoms in total. The van der Waals surface area contributed by atoms with Crippen LogP contribution in [0.15, 0.2) is 30.3 Å². The minimum atomic E-state index is -5.08. The molecule has 2 rings (SSSR count). The third-order valence-electron chi connectivity index (χ3n) is 4.09. The van der Waals surface area contributed by atoms with Crippen molar-refractivity contribution >= 4 is 18.0 Å². The summed E-state index contributed by atoms with van der Waals surface area (Å²) in [4.78, 5) is 34.5. The van der Waals surface area contributed by atoms with Gasteiger partial charge in [-0.3, -0.25) is 9.69 Å². The molecule has 1 heterocycles. The number of rotatable bonds is 6. The average molecular weight is 481 g/mol. The number of ether oxygens (including phenoxy) is 1. The maximum Gasteiger partial charge on any atom is 0.490 e. The van der Waals surface area contributed by atoms with E-state index < -0.39 is 24.2 Å². The molecule has 1 aliphatic rings. The predicted octanol–water partition coefficient (Wildman–Crippen LogP) is -0.110. The van der Waals surface area contributed by atoms with Gasteiger partial charge in [-0.2, -0.15) is 13.2 Å². The average Bonchev–Trinajstić information content (AvgIpc) is 2.78. The van der Waals surface area contributed by atoms with Crippen molar-refractivity contribution in [2.45, 2.75) is 18.8 Å². The number of nitrogens with two attached hydrogens (primary N) is 3. The van der Waals surface area contributed by atoms with E-state index >= 15 is 0 Å². The van der Waals surface area contributed by atoms with Crippen LogP contribution in [-0.2, 0) is 20.9 Å². The van der Waals surface area contributed by atoms with Crippen molar-refractivity contribution in [2.24, 2.45) is 17.2 Å². The number of carboxylic acids is 2. The Morgan fingerprint density at radius 2 is 1.55 bits per heavy atom. The van der Waals surface area contributed by atoms with Crippen LogP contribution in [0.1, 0.15) is 5.56 Å². The van der Waals surface area contributed by atoms with Crippen molar-refractivity contribution in [1.29, 1.82) is 0 Å². The SMILES string of the molecule is NCCN1CCN(C(=O)OCc2ccccc2)CC1.NC[C@H](N)C(=O)O.O=C(O)C(F)(F)F. The van der Waals surface area contributed by atoms with E-state index in [1.807, 2.05) is 30.3 Å². The third kappa shape index (κ3) is 13.9. The van der Waals surface area contributed by atoms with E-state index in [2.05, 4.69) is 4.90 Å². The first-order valence-corrected chi connectivity index (χ1v) is 9.79. The summed E-state index contributed by atoms with van der Waals surface area (Å²) in [5.41, 5.74) is 16.3. The highest BCUT2D eigenvalue weighted by molar-refractivity contribution is 5.73. The van der Waals surface area contributed by atoms with Crippen LogP contribution < -0.4 is 17.2 Å². The Kier molecular flexibility index (Phi) is 14.4. The lowest BCUT2D eigenvalue weighted by molar-refractivity contribution is -0.192. The van der Waals surface area contributed by atoms with E-state index in [9.17, 15) is 22.8 Å². The Labute approximate surface area is 188 Å². The van der Waals surface area contributed by atoms with E-state index in [0.717, 1.165) is 25.2 Å². The predicted molar refractivity (Wildman–Crippen MR) is 112 cm³/mol. The number of benzene rings is 1. The Morgan fingerprint density at radius 3 is 1.91 bits per heavy atom. The second-order valence-corrected chi connectivity index (χ2v) is 6.64. The molecule has 1 aliphatic heterocycles. The first kappa shape index (κ1) is 30.1. The number of aliphatic carboxylic acids is 2. The van der Waals surface area contributed by atoms with Gasteiger partial charge in [0.05, 0.1) is 0 Å². The number of halogens is 3. The largest absolute Gasteiger partial charge is 0.490 e. The number of alkyl halides is 3. The molecule has 1 aromatic carbocycles. The van der Waals surface area contributed by atoms with Gasteiger partial charge < -0.3 is 37.1 Å². The molecule has 1 saturated heterocycles. The molecule has 0 saturated carbocycles. The number of amides is 1. The van der Waals surface area contributed by atoms with Crippen molar-refractivity contribution in [3.8, 4) is 0 Å². The van der Waals surface area contributed by atoms with Gasteiger partial charge in [-0.1, -0.05) is 30.3 Å². The smallest absolute Gasteiger partial charge is 0.480 e.